The molecule has 0 aliphatic heterocycles. The molecule has 3 atom stereocenters. The van der Waals surface area contributed by atoms with Crippen molar-refractivity contribution in [3.8, 4) is 0 Å². The van der Waals surface area contributed by atoms with Gasteiger partial charge >= 0.3 is 0 Å². The lowest BCUT2D eigenvalue weighted by molar-refractivity contribution is -0.125. The van der Waals surface area contributed by atoms with Gasteiger partial charge in [-0.25, -0.2) is 0 Å². The monoisotopic (exact) mass is 262 g/mol. The van der Waals surface area contributed by atoms with Crippen LogP contribution in [-0.2, 0) is 11.2 Å². The Bertz CT molecular complexity index is 382. The van der Waals surface area contributed by atoms with Crippen molar-refractivity contribution in [3.05, 3.63) is 30.1 Å². The van der Waals surface area contributed by atoms with Crippen LogP contribution in [0.25, 0.3) is 0 Å². The van der Waals surface area contributed by atoms with Crippen LogP contribution in [0.3, 0.4) is 0 Å². The average Bonchev–Trinajstić information content (AvgIpc) is 2.45. The molecule has 1 fully saturated rings. The highest BCUT2D eigenvalue weighted by atomic mass is 16.5. The van der Waals surface area contributed by atoms with Crippen molar-refractivity contribution in [2.24, 2.45) is 5.41 Å². The zero-order valence-corrected chi connectivity index (χ0v) is 12.4. The average molecular weight is 262 g/mol. The number of nitrogens with zero attached hydrogens (tertiary/aromatic N) is 1. The Hall–Kier alpha value is -0.930. The van der Waals surface area contributed by atoms with Crippen molar-refractivity contribution in [3.63, 3.8) is 0 Å². The second-order valence-corrected chi connectivity index (χ2v) is 5.62. The summed E-state index contributed by atoms with van der Waals surface area (Å²) in [7, 11) is 0. The maximum atomic E-state index is 5.83. The number of aromatic nitrogens is 1. The van der Waals surface area contributed by atoms with E-state index in [4.69, 9.17) is 4.74 Å². The summed E-state index contributed by atoms with van der Waals surface area (Å²) in [5.74, 6) is 0. The van der Waals surface area contributed by atoms with Crippen LogP contribution in [0.15, 0.2) is 24.4 Å². The molecule has 3 nitrogen and oxygen atoms in total. The summed E-state index contributed by atoms with van der Waals surface area (Å²) in [6.45, 7) is 8.50. The van der Waals surface area contributed by atoms with Gasteiger partial charge in [-0.3, -0.25) is 4.98 Å². The number of pyridine rings is 1. The van der Waals surface area contributed by atoms with Gasteiger partial charge in [0.1, 0.15) is 0 Å². The van der Waals surface area contributed by atoms with Crippen LogP contribution in [0.4, 0.5) is 0 Å². The fourth-order valence-corrected chi connectivity index (χ4v) is 2.99. The summed E-state index contributed by atoms with van der Waals surface area (Å²) in [6, 6.07) is 6.68. The van der Waals surface area contributed by atoms with Crippen molar-refractivity contribution in [1.82, 2.24) is 10.3 Å². The first-order valence-electron chi connectivity index (χ1n) is 7.45. The summed E-state index contributed by atoms with van der Waals surface area (Å²) < 4.78 is 5.83. The van der Waals surface area contributed by atoms with Crippen molar-refractivity contribution in [2.45, 2.75) is 52.2 Å². The van der Waals surface area contributed by atoms with Crippen LogP contribution in [0, 0.1) is 5.41 Å². The second-order valence-electron chi connectivity index (χ2n) is 5.62. The number of nitrogens with one attached hydrogen (secondary N) is 1. The van der Waals surface area contributed by atoms with Crippen LogP contribution in [0.1, 0.15) is 39.3 Å². The molecule has 0 saturated heterocycles. The fraction of sp³-hybridized carbons (Fsp3) is 0.688. The summed E-state index contributed by atoms with van der Waals surface area (Å²) in [5.41, 5.74) is 1.45. The van der Waals surface area contributed by atoms with E-state index in [2.05, 4.69) is 37.1 Å². The van der Waals surface area contributed by atoms with E-state index in [-0.39, 0.29) is 0 Å². The zero-order chi connectivity index (χ0) is 13.7. The highest BCUT2D eigenvalue weighted by Crippen LogP contribution is 2.45. The van der Waals surface area contributed by atoms with Gasteiger partial charge in [0.05, 0.1) is 6.10 Å². The van der Waals surface area contributed by atoms with Crippen LogP contribution in [-0.4, -0.2) is 30.3 Å². The molecule has 1 aliphatic carbocycles. The summed E-state index contributed by atoms with van der Waals surface area (Å²) in [5, 5.41) is 3.68. The predicted octanol–water partition coefficient (Wildman–Crippen LogP) is 2.81. The highest BCUT2D eigenvalue weighted by Gasteiger charge is 2.50. The van der Waals surface area contributed by atoms with Crippen molar-refractivity contribution in [1.29, 1.82) is 0 Å². The van der Waals surface area contributed by atoms with Gasteiger partial charge < -0.3 is 10.1 Å². The van der Waals surface area contributed by atoms with E-state index < -0.39 is 0 Å². The van der Waals surface area contributed by atoms with Gasteiger partial charge in [-0.2, -0.15) is 0 Å². The smallest absolute Gasteiger partial charge is 0.0658 e. The quantitative estimate of drug-likeness (QED) is 0.820. The molecule has 1 heterocycles. The van der Waals surface area contributed by atoms with E-state index in [0.29, 0.717) is 17.6 Å². The molecule has 2 rings (SSSR count). The summed E-state index contributed by atoms with van der Waals surface area (Å²) in [6.07, 6.45) is 5.59. The van der Waals surface area contributed by atoms with Gasteiger partial charge in [0.25, 0.3) is 0 Å². The summed E-state index contributed by atoms with van der Waals surface area (Å²) >= 11 is 0. The Morgan fingerprint density at radius 2 is 2.26 bits per heavy atom. The highest BCUT2D eigenvalue weighted by molar-refractivity contribution is 5.07. The fourth-order valence-electron chi connectivity index (χ4n) is 2.99. The SMILES string of the molecule is CCOC1CC(NCCc2ccccn2)C1(C)CC. The molecular formula is C16H26N2O. The molecule has 1 aliphatic rings. The molecule has 106 valence electrons. The predicted molar refractivity (Wildman–Crippen MR) is 78.2 cm³/mol. The molecule has 3 unspecified atom stereocenters. The van der Waals surface area contributed by atoms with E-state index >= 15 is 0 Å². The van der Waals surface area contributed by atoms with E-state index in [1.807, 2.05) is 18.3 Å². The molecule has 1 saturated carbocycles. The third-order valence-corrected chi connectivity index (χ3v) is 4.61. The van der Waals surface area contributed by atoms with Gasteiger partial charge in [0.15, 0.2) is 0 Å². The Morgan fingerprint density at radius 3 is 2.89 bits per heavy atom. The van der Waals surface area contributed by atoms with E-state index in [1.54, 1.807) is 0 Å². The van der Waals surface area contributed by atoms with Crippen molar-refractivity contribution >= 4 is 0 Å². The maximum absolute atomic E-state index is 5.83. The molecular weight excluding hydrogens is 236 g/mol. The molecule has 0 radical (unpaired) electrons. The van der Waals surface area contributed by atoms with Crippen LogP contribution < -0.4 is 5.32 Å². The molecule has 0 bridgehead atoms. The molecule has 3 heteroatoms. The molecule has 0 spiro atoms. The maximum Gasteiger partial charge on any atom is 0.0658 e. The Labute approximate surface area is 116 Å². The number of ether oxygens (including phenoxy) is 1. The number of hydrogen-bond donors (Lipinski definition) is 1. The first-order chi connectivity index (χ1) is 9.20. The molecule has 0 aromatic carbocycles. The first-order valence-corrected chi connectivity index (χ1v) is 7.45. The molecule has 1 aromatic rings. The minimum absolute atomic E-state index is 0.292. The minimum atomic E-state index is 0.292. The minimum Gasteiger partial charge on any atom is -0.378 e. The number of hydrogen-bond acceptors (Lipinski definition) is 3. The second kappa shape index (κ2) is 6.49. The largest absolute Gasteiger partial charge is 0.378 e. The zero-order valence-electron chi connectivity index (χ0n) is 12.4. The molecule has 1 N–H and O–H groups in total. The molecule has 1 aromatic heterocycles. The van der Waals surface area contributed by atoms with Gasteiger partial charge in [-0.15, -0.1) is 0 Å². The third kappa shape index (κ3) is 3.15. The van der Waals surface area contributed by atoms with Gasteiger partial charge in [-0.05, 0) is 31.9 Å². The van der Waals surface area contributed by atoms with E-state index in [9.17, 15) is 0 Å². The topological polar surface area (TPSA) is 34.1 Å². The van der Waals surface area contributed by atoms with E-state index in [1.165, 1.54) is 6.42 Å². The summed E-state index contributed by atoms with van der Waals surface area (Å²) in [4.78, 5) is 4.36. The Balaban J connectivity index is 1.78. The van der Waals surface area contributed by atoms with E-state index in [0.717, 1.165) is 31.7 Å². The van der Waals surface area contributed by atoms with Crippen LogP contribution in [0.5, 0.6) is 0 Å². The Morgan fingerprint density at radius 1 is 1.42 bits per heavy atom. The first kappa shape index (κ1) is 14.5. The standard InChI is InChI=1S/C16H26N2O/c1-4-16(3)14(12-15(16)19-5-2)18-11-9-13-8-6-7-10-17-13/h6-8,10,14-15,18H,4-5,9,11-12H2,1-3H3. The lowest BCUT2D eigenvalue weighted by atomic mass is 9.61. The number of rotatable bonds is 7. The lowest BCUT2D eigenvalue weighted by Crippen LogP contribution is -2.62. The molecule has 19 heavy (non-hydrogen) atoms. The van der Waals surface area contributed by atoms with Crippen molar-refractivity contribution in [2.75, 3.05) is 13.2 Å². The van der Waals surface area contributed by atoms with Crippen molar-refractivity contribution < 1.29 is 4.74 Å². The van der Waals surface area contributed by atoms with Crippen LogP contribution in [0.2, 0.25) is 0 Å². The Kier molecular flexibility index (Phi) is 4.94. The third-order valence-electron chi connectivity index (χ3n) is 4.61. The van der Waals surface area contributed by atoms with Gasteiger partial charge in [-0.1, -0.05) is 19.9 Å². The molecule has 0 amide bonds. The van der Waals surface area contributed by atoms with Gasteiger partial charge in [0.2, 0.25) is 0 Å². The lowest BCUT2D eigenvalue weighted by Gasteiger charge is -2.53. The van der Waals surface area contributed by atoms with Crippen LogP contribution >= 0.6 is 0 Å². The normalized spacial score (nSPS) is 30.1. The van der Waals surface area contributed by atoms with Gasteiger partial charge in [0, 0.05) is 42.9 Å².